The number of aromatic nitrogens is 4. The van der Waals surface area contributed by atoms with Crippen LogP contribution in [0.3, 0.4) is 0 Å². The first-order chi connectivity index (χ1) is 22.6. The molecule has 1 N–H and O–H groups in total. The van der Waals surface area contributed by atoms with Crippen molar-refractivity contribution < 1.29 is 42.6 Å². The molecule has 5 rings (SSSR count). The second-order valence-electron chi connectivity index (χ2n) is 12.2. The van der Waals surface area contributed by atoms with Gasteiger partial charge in [0.05, 0.1) is 28.5 Å². The van der Waals surface area contributed by atoms with Gasteiger partial charge in [-0.3, -0.25) is 4.79 Å². The molecule has 0 spiro atoms. The Balaban J connectivity index is 0.000000706. The first kappa shape index (κ1) is 39.4. The second kappa shape index (κ2) is 17.5. The van der Waals surface area contributed by atoms with Gasteiger partial charge in [0, 0.05) is 38.8 Å². The largest absolute Gasteiger partial charge is 0.657 e. The van der Waals surface area contributed by atoms with Gasteiger partial charge >= 0.3 is 0 Å². The zero-order valence-corrected chi connectivity index (χ0v) is 33.6. The van der Waals surface area contributed by atoms with E-state index in [1.54, 1.807) is 0 Å². The van der Waals surface area contributed by atoms with E-state index < -0.39 is 0 Å². The fourth-order valence-corrected chi connectivity index (χ4v) is 7.22. The van der Waals surface area contributed by atoms with Crippen molar-refractivity contribution in [2.75, 3.05) is 0 Å². The van der Waals surface area contributed by atoms with Crippen molar-refractivity contribution in [3.05, 3.63) is 81.1 Å². The molecule has 8 bridgehead atoms. The van der Waals surface area contributed by atoms with Crippen LogP contribution >= 0.6 is 0 Å². The van der Waals surface area contributed by atoms with Crippen molar-refractivity contribution in [1.29, 1.82) is 0 Å². The molecule has 0 aliphatic carbocycles. The number of aliphatic hydroxyl groups excluding tert-OH is 1. The van der Waals surface area contributed by atoms with E-state index in [4.69, 9.17) is 25.0 Å². The minimum Gasteiger partial charge on any atom is -0.657 e. The molecule has 3 aromatic heterocycles. The summed E-state index contributed by atoms with van der Waals surface area (Å²) in [6, 6.07) is 8.98. The number of carbonyl (C=O) groups is 1. The van der Waals surface area contributed by atoms with Crippen LogP contribution in [0.5, 0.6) is 0 Å². The van der Waals surface area contributed by atoms with Crippen molar-refractivity contribution in [3.8, 4) is 0 Å². The quantitative estimate of drug-likeness (QED) is 0.175. The number of fused-ring (bicyclic) bond motifs is 8. The number of carbonyl (C=O) groups excluding carboxylic acids is 1. The maximum atomic E-state index is 10.0. The number of nitrogens with zero attached hydrogens (tertiary/aromatic N) is 4. The van der Waals surface area contributed by atoms with Gasteiger partial charge in [0.15, 0.2) is 5.78 Å². The predicted octanol–water partition coefficient (Wildman–Crippen LogP) is 10.3. The van der Waals surface area contributed by atoms with E-state index >= 15 is 0 Å². The molecular weight excluding hydrogens is 669 g/mol. The fraction of sp³-hybridized carbons (Fsp3) is 0.439. The SMILES string of the molecule is CC(=O)/C=C(/C)O.CCC1=C(CC)c2cc3[n-]c(cc4nc(cc5[n-]c(cc1n2)c(CC)c5CC)C(CC)=C4CC)c(CC)c3CC.[Y]. The molecule has 5 heterocycles. The predicted molar refractivity (Wildman–Crippen MR) is 198 cm³/mol. The van der Waals surface area contributed by atoms with Crippen molar-refractivity contribution >= 4 is 50.1 Å². The molecule has 6 nitrogen and oxygen atoms in total. The first-order valence-corrected chi connectivity index (χ1v) is 17.6. The van der Waals surface area contributed by atoms with Crippen LogP contribution in [0.25, 0.3) is 44.4 Å². The smallest absolute Gasteiger partial charge is 0.155 e. The summed E-state index contributed by atoms with van der Waals surface area (Å²) in [6.45, 7) is 20.8. The molecule has 2 aliphatic heterocycles. The Morgan fingerprint density at radius 2 is 0.792 bits per heavy atom. The molecule has 0 amide bonds. The summed E-state index contributed by atoms with van der Waals surface area (Å²) in [7, 11) is 0. The molecule has 2 aliphatic rings. The van der Waals surface area contributed by atoms with Gasteiger partial charge in [0.25, 0.3) is 0 Å². The van der Waals surface area contributed by atoms with Crippen LogP contribution < -0.4 is 9.97 Å². The molecule has 48 heavy (non-hydrogen) atoms. The third-order valence-corrected chi connectivity index (χ3v) is 9.23. The van der Waals surface area contributed by atoms with Gasteiger partial charge in [0.2, 0.25) is 0 Å². The summed E-state index contributed by atoms with van der Waals surface area (Å²) in [5.41, 5.74) is 19.1. The molecule has 0 atom stereocenters. The van der Waals surface area contributed by atoms with E-state index in [0.717, 1.165) is 96.2 Å². The molecule has 1 radical (unpaired) electrons. The summed E-state index contributed by atoms with van der Waals surface area (Å²) in [5, 5.41) is 8.36. The molecule has 0 unspecified atom stereocenters. The number of rotatable bonds is 9. The second-order valence-corrected chi connectivity index (χ2v) is 12.2. The Morgan fingerprint density at radius 1 is 0.542 bits per heavy atom. The molecule has 0 aromatic carbocycles. The Bertz CT molecular complexity index is 1680. The standard InChI is InChI=1S/C36H44N4.C5H8O2.Y/c1-9-21-22(10-2)30-18-32-25(13-5)26(14-6)34(39-32)20-36-28(16-8)27(15-7)35(40-36)19-33-24(12-4)23(11-3)31(38-33)17-29(21)37-30;1-4(6)3-5(2)7;/h17-20H,9-16H2,1-8H3;3,6H,1-2H3;/q-2;;/b;4-3-;. The maximum Gasteiger partial charge on any atom is 0.155 e. The van der Waals surface area contributed by atoms with Gasteiger partial charge in [-0.1, -0.05) is 102 Å². The summed E-state index contributed by atoms with van der Waals surface area (Å²) >= 11 is 0. The molecule has 3 aromatic rings. The zero-order chi connectivity index (χ0) is 34.4. The van der Waals surface area contributed by atoms with Crippen LogP contribution in [0.15, 0.2) is 36.1 Å². The van der Waals surface area contributed by atoms with Crippen molar-refractivity contribution in [2.24, 2.45) is 0 Å². The summed E-state index contributed by atoms with van der Waals surface area (Å²) in [4.78, 5) is 31.0. The van der Waals surface area contributed by atoms with Crippen LogP contribution in [0.1, 0.15) is 140 Å². The molecule has 253 valence electrons. The van der Waals surface area contributed by atoms with Gasteiger partial charge in [-0.15, -0.1) is 22.1 Å². The van der Waals surface area contributed by atoms with Crippen molar-refractivity contribution in [1.82, 2.24) is 19.9 Å². The maximum absolute atomic E-state index is 10.0. The minimum absolute atomic E-state index is 0. The van der Waals surface area contributed by atoms with E-state index in [2.05, 4.69) is 79.7 Å². The average Bonchev–Trinajstić information content (AvgIpc) is 3.75. The minimum atomic E-state index is -0.125. The third-order valence-electron chi connectivity index (χ3n) is 9.23. The van der Waals surface area contributed by atoms with Crippen LogP contribution in [0, 0.1) is 0 Å². The van der Waals surface area contributed by atoms with Crippen LogP contribution in [-0.4, -0.2) is 20.9 Å². The van der Waals surface area contributed by atoms with Crippen LogP contribution in [-0.2, 0) is 63.2 Å². The van der Waals surface area contributed by atoms with E-state index in [-0.39, 0.29) is 44.3 Å². The molecule has 0 saturated heterocycles. The van der Waals surface area contributed by atoms with E-state index in [1.807, 2.05) is 0 Å². The Hall–Kier alpha value is -3.09. The Kier molecular flexibility index (Phi) is 14.4. The van der Waals surface area contributed by atoms with E-state index in [1.165, 1.54) is 64.5 Å². The van der Waals surface area contributed by atoms with Gasteiger partial charge in [0.1, 0.15) is 0 Å². The number of hydrogen-bond donors (Lipinski definition) is 1. The number of aliphatic hydroxyl groups is 1. The summed E-state index contributed by atoms with van der Waals surface area (Å²) in [6.07, 6.45) is 8.77. The third kappa shape index (κ3) is 8.03. The van der Waals surface area contributed by atoms with Gasteiger partial charge in [-0.05, 0) is 87.5 Å². The number of ketones is 1. The normalized spacial score (nSPS) is 13.0. The zero-order valence-electron chi connectivity index (χ0n) is 30.8. The average molecular weight is 722 g/mol. The van der Waals surface area contributed by atoms with Crippen LogP contribution in [0.2, 0.25) is 0 Å². The monoisotopic (exact) mass is 721 g/mol. The van der Waals surface area contributed by atoms with Crippen molar-refractivity contribution in [3.63, 3.8) is 0 Å². The topological polar surface area (TPSA) is 91.3 Å². The fourth-order valence-electron chi connectivity index (χ4n) is 7.22. The molecular formula is C41H52N4O2Y-2. The number of hydrogen-bond acceptors (Lipinski definition) is 4. The number of allylic oxidation sites excluding steroid dienone is 6. The van der Waals surface area contributed by atoms with Crippen LogP contribution in [0.4, 0.5) is 0 Å². The molecule has 7 heteroatoms. The Morgan fingerprint density at radius 3 is 0.938 bits per heavy atom. The van der Waals surface area contributed by atoms with E-state index in [0.29, 0.717) is 0 Å². The van der Waals surface area contributed by atoms with Crippen molar-refractivity contribution in [2.45, 2.75) is 121 Å². The van der Waals surface area contributed by atoms with Gasteiger partial charge in [-0.2, -0.15) is 0 Å². The van der Waals surface area contributed by atoms with Gasteiger partial charge < -0.3 is 15.1 Å². The first-order valence-electron chi connectivity index (χ1n) is 17.6. The van der Waals surface area contributed by atoms with E-state index in [9.17, 15) is 4.79 Å². The molecule has 0 fully saturated rings. The number of aryl methyl sites for hydroxylation is 4. The summed E-state index contributed by atoms with van der Waals surface area (Å²) < 4.78 is 0. The summed E-state index contributed by atoms with van der Waals surface area (Å²) in [5.74, 6) is -0.0625. The molecule has 0 saturated carbocycles. The van der Waals surface area contributed by atoms with Gasteiger partial charge in [-0.25, -0.2) is 9.97 Å². The Labute approximate surface area is 312 Å².